The van der Waals surface area contributed by atoms with E-state index in [4.69, 9.17) is 5.11 Å². The van der Waals surface area contributed by atoms with Gasteiger partial charge in [0.05, 0.1) is 11.6 Å². The Morgan fingerprint density at radius 2 is 2.57 bits per heavy atom. The molecule has 1 aromatic heterocycles. The Kier molecular flexibility index (Phi) is 2.35. The van der Waals surface area contributed by atoms with E-state index < -0.39 is 5.97 Å². The summed E-state index contributed by atoms with van der Waals surface area (Å²) < 4.78 is 0. The molecule has 4 nitrogen and oxygen atoms in total. The quantitative estimate of drug-likeness (QED) is 0.752. The molecule has 2 rings (SSSR count). The average molecular weight is 192 g/mol. The molecule has 0 aromatic carbocycles. The number of hydrogen-bond acceptors (Lipinski definition) is 3. The van der Waals surface area contributed by atoms with Crippen molar-refractivity contribution in [2.75, 3.05) is 11.9 Å². The van der Waals surface area contributed by atoms with Crippen LogP contribution in [-0.4, -0.2) is 22.6 Å². The largest absolute Gasteiger partial charge is 0.481 e. The highest BCUT2D eigenvalue weighted by Gasteiger charge is 2.42. The second-order valence-electron chi connectivity index (χ2n) is 3.56. The van der Waals surface area contributed by atoms with Crippen molar-refractivity contribution in [3.63, 3.8) is 0 Å². The molecule has 1 saturated carbocycles. The Bertz CT molecular complexity index is 326. The van der Waals surface area contributed by atoms with Crippen molar-refractivity contribution in [3.05, 3.63) is 24.5 Å². The minimum atomic E-state index is -0.678. The van der Waals surface area contributed by atoms with Crippen LogP contribution in [0.25, 0.3) is 0 Å². The summed E-state index contributed by atoms with van der Waals surface area (Å²) in [5, 5.41) is 11.8. The highest BCUT2D eigenvalue weighted by Crippen LogP contribution is 2.38. The van der Waals surface area contributed by atoms with Gasteiger partial charge in [-0.25, -0.2) is 0 Å². The van der Waals surface area contributed by atoms with Gasteiger partial charge < -0.3 is 10.4 Å². The van der Waals surface area contributed by atoms with E-state index in [-0.39, 0.29) is 11.8 Å². The number of anilines is 1. The van der Waals surface area contributed by atoms with Crippen molar-refractivity contribution >= 4 is 11.7 Å². The standard InChI is InChI=1S/C10H12N2O2/c13-10(14)9-4-7(9)5-12-8-2-1-3-11-6-8/h1-3,6-7,9,12H,4-5H2,(H,13,14). The number of pyridine rings is 1. The zero-order chi connectivity index (χ0) is 9.97. The van der Waals surface area contributed by atoms with Gasteiger partial charge in [-0.05, 0) is 24.5 Å². The lowest BCUT2D eigenvalue weighted by atomic mass is 10.3. The van der Waals surface area contributed by atoms with E-state index in [2.05, 4.69) is 10.3 Å². The molecule has 0 aliphatic heterocycles. The van der Waals surface area contributed by atoms with Crippen LogP contribution < -0.4 is 5.32 Å². The first-order valence-corrected chi connectivity index (χ1v) is 4.64. The maximum absolute atomic E-state index is 10.5. The van der Waals surface area contributed by atoms with Crippen molar-refractivity contribution in [2.24, 2.45) is 11.8 Å². The summed E-state index contributed by atoms with van der Waals surface area (Å²) in [6.07, 6.45) is 4.24. The van der Waals surface area contributed by atoms with Crippen LogP contribution in [0.4, 0.5) is 5.69 Å². The van der Waals surface area contributed by atoms with Crippen molar-refractivity contribution < 1.29 is 9.90 Å². The molecule has 1 aliphatic carbocycles. The van der Waals surface area contributed by atoms with Gasteiger partial charge >= 0.3 is 5.97 Å². The molecule has 1 heterocycles. The number of aromatic nitrogens is 1. The lowest BCUT2D eigenvalue weighted by Crippen LogP contribution is -2.08. The second-order valence-corrected chi connectivity index (χ2v) is 3.56. The third kappa shape index (κ3) is 2.02. The number of nitrogens with one attached hydrogen (secondary N) is 1. The van der Waals surface area contributed by atoms with Gasteiger partial charge in [0.15, 0.2) is 0 Å². The van der Waals surface area contributed by atoms with Crippen molar-refractivity contribution in [3.8, 4) is 0 Å². The number of hydrogen-bond donors (Lipinski definition) is 2. The Hall–Kier alpha value is -1.58. The van der Waals surface area contributed by atoms with Crippen LogP contribution in [-0.2, 0) is 4.79 Å². The van der Waals surface area contributed by atoms with Gasteiger partial charge in [-0.2, -0.15) is 0 Å². The van der Waals surface area contributed by atoms with E-state index in [1.54, 1.807) is 12.4 Å². The van der Waals surface area contributed by atoms with E-state index in [0.29, 0.717) is 0 Å². The van der Waals surface area contributed by atoms with Crippen LogP contribution in [0.5, 0.6) is 0 Å². The summed E-state index contributed by atoms with van der Waals surface area (Å²) in [5.74, 6) is -0.533. The number of aliphatic carboxylic acids is 1. The molecule has 2 N–H and O–H groups in total. The fourth-order valence-corrected chi connectivity index (χ4v) is 1.49. The Labute approximate surface area is 82.0 Å². The Balaban J connectivity index is 1.77. The molecular formula is C10H12N2O2. The second kappa shape index (κ2) is 3.65. The Morgan fingerprint density at radius 3 is 3.14 bits per heavy atom. The van der Waals surface area contributed by atoms with Crippen LogP contribution >= 0.6 is 0 Å². The highest BCUT2D eigenvalue weighted by molar-refractivity contribution is 5.73. The monoisotopic (exact) mass is 192 g/mol. The number of carboxylic acids is 1. The molecule has 4 heteroatoms. The number of carbonyl (C=O) groups is 1. The molecule has 1 aliphatic rings. The van der Waals surface area contributed by atoms with E-state index in [0.717, 1.165) is 18.7 Å². The molecule has 2 atom stereocenters. The molecular weight excluding hydrogens is 180 g/mol. The molecule has 14 heavy (non-hydrogen) atoms. The fourth-order valence-electron chi connectivity index (χ4n) is 1.49. The van der Waals surface area contributed by atoms with Crippen molar-refractivity contribution in [1.82, 2.24) is 4.98 Å². The zero-order valence-electron chi connectivity index (χ0n) is 7.68. The van der Waals surface area contributed by atoms with Gasteiger partial charge in [-0.3, -0.25) is 9.78 Å². The predicted molar refractivity (Wildman–Crippen MR) is 52.0 cm³/mol. The first-order chi connectivity index (χ1) is 6.77. The number of rotatable bonds is 4. The van der Waals surface area contributed by atoms with Gasteiger partial charge in [-0.15, -0.1) is 0 Å². The maximum atomic E-state index is 10.5. The third-order valence-corrected chi connectivity index (χ3v) is 2.47. The van der Waals surface area contributed by atoms with Crippen LogP contribution in [0.3, 0.4) is 0 Å². The van der Waals surface area contributed by atoms with Crippen LogP contribution in [0.2, 0.25) is 0 Å². The summed E-state index contributed by atoms with van der Waals surface area (Å²) in [7, 11) is 0. The van der Waals surface area contributed by atoms with Crippen LogP contribution in [0.15, 0.2) is 24.5 Å². The van der Waals surface area contributed by atoms with Gasteiger partial charge in [0.25, 0.3) is 0 Å². The first kappa shape index (κ1) is 8.99. The van der Waals surface area contributed by atoms with Gasteiger partial charge in [0.2, 0.25) is 0 Å². The minimum absolute atomic E-state index is 0.140. The van der Waals surface area contributed by atoms with Gasteiger partial charge in [0.1, 0.15) is 0 Å². The summed E-state index contributed by atoms with van der Waals surface area (Å²) in [6, 6.07) is 3.77. The first-order valence-electron chi connectivity index (χ1n) is 4.64. The molecule has 0 bridgehead atoms. The van der Waals surface area contributed by atoms with E-state index in [9.17, 15) is 4.79 Å². The van der Waals surface area contributed by atoms with E-state index >= 15 is 0 Å². The smallest absolute Gasteiger partial charge is 0.306 e. The van der Waals surface area contributed by atoms with Crippen LogP contribution in [0.1, 0.15) is 6.42 Å². The molecule has 0 radical (unpaired) electrons. The predicted octanol–water partition coefficient (Wildman–Crippen LogP) is 1.21. The molecule has 0 spiro atoms. The normalized spacial score (nSPS) is 24.3. The zero-order valence-corrected chi connectivity index (χ0v) is 7.68. The third-order valence-electron chi connectivity index (χ3n) is 2.47. The van der Waals surface area contributed by atoms with E-state index in [1.165, 1.54) is 0 Å². The number of carboxylic acid groups (broad SMARTS) is 1. The SMILES string of the molecule is O=C(O)C1CC1CNc1cccnc1. The molecule has 1 aromatic rings. The number of nitrogens with zero attached hydrogens (tertiary/aromatic N) is 1. The van der Waals surface area contributed by atoms with Crippen LogP contribution in [0, 0.1) is 11.8 Å². The lowest BCUT2D eigenvalue weighted by Gasteiger charge is -2.03. The minimum Gasteiger partial charge on any atom is -0.481 e. The van der Waals surface area contributed by atoms with Crippen molar-refractivity contribution in [2.45, 2.75) is 6.42 Å². The molecule has 0 saturated heterocycles. The van der Waals surface area contributed by atoms with Gasteiger partial charge in [0, 0.05) is 18.9 Å². The van der Waals surface area contributed by atoms with Gasteiger partial charge in [-0.1, -0.05) is 0 Å². The molecule has 0 amide bonds. The summed E-state index contributed by atoms with van der Waals surface area (Å²) in [4.78, 5) is 14.5. The topological polar surface area (TPSA) is 62.2 Å². The molecule has 2 unspecified atom stereocenters. The Morgan fingerprint density at radius 1 is 1.71 bits per heavy atom. The fraction of sp³-hybridized carbons (Fsp3) is 0.400. The van der Waals surface area contributed by atoms with E-state index in [1.807, 2.05) is 12.1 Å². The highest BCUT2D eigenvalue weighted by atomic mass is 16.4. The summed E-state index contributed by atoms with van der Waals surface area (Å²) >= 11 is 0. The molecule has 1 fully saturated rings. The maximum Gasteiger partial charge on any atom is 0.306 e. The average Bonchev–Trinajstić information content (AvgIpc) is 2.96. The summed E-state index contributed by atoms with van der Waals surface area (Å²) in [5.41, 5.74) is 0.948. The lowest BCUT2D eigenvalue weighted by molar-refractivity contribution is -0.138. The summed E-state index contributed by atoms with van der Waals surface area (Å²) in [6.45, 7) is 0.725. The van der Waals surface area contributed by atoms with Crippen molar-refractivity contribution in [1.29, 1.82) is 0 Å². The molecule has 74 valence electrons.